The molecule has 0 spiro atoms. The van der Waals surface area contributed by atoms with Crippen LogP contribution in [0.2, 0.25) is 0 Å². The fourth-order valence-electron chi connectivity index (χ4n) is 1.83. The number of rotatable bonds is 3. The summed E-state index contributed by atoms with van der Waals surface area (Å²) in [6.45, 7) is 6.27. The summed E-state index contributed by atoms with van der Waals surface area (Å²) < 4.78 is 7.67. The molecule has 0 aliphatic carbocycles. The number of ether oxygens (including phenoxy) is 1. The molecule has 1 aromatic rings. The molecule has 0 aromatic heterocycles. The van der Waals surface area contributed by atoms with Gasteiger partial charge in [-0.15, -0.1) is 0 Å². The van der Waals surface area contributed by atoms with Crippen molar-refractivity contribution >= 4 is 28.6 Å². The number of carbonyl (C=O) groups excluding carboxylic acids is 1. The van der Waals surface area contributed by atoms with Gasteiger partial charge in [0.2, 0.25) is 0 Å². The number of hydrogen-bond donors (Lipinski definition) is 0. The van der Waals surface area contributed by atoms with Crippen LogP contribution in [0.25, 0.3) is 0 Å². The largest absolute Gasteiger partial charge is 0.452 e. The zero-order valence-corrected chi connectivity index (χ0v) is 12.4. The van der Waals surface area contributed by atoms with E-state index in [1.54, 1.807) is 0 Å². The molecule has 0 saturated heterocycles. The van der Waals surface area contributed by atoms with Gasteiger partial charge in [0, 0.05) is 22.6 Å². The van der Waals surface area contributed by atoms with E-state index in [0.29, 0.717) is 6.42 Å². The highest BCUT2D eigenvalue weighted by Gasteiger charge is 2.09. The van der Waals surface area contributed by atoms with Gasteiger partial charge in [-0.1, -0.05) is 23.6 Å². The number of hydrogen-bond acceptors (Lipinski definition) is 2. The van der Waals surface area contributed by atoms with E-state index in [4.69, 9.17) is 4.74 Å². The molecule has 0 bridgehead atoms. The predicted molar refractivity (Wildman–Crippen MR) is 77.1 cm³/mol. The lowest BCUT2D eigenvalue weighted by Crippen LogP contribution is -2.10. The monoisotopic (exact) mass is 342 g/mol. The zero-order chi connectivity index (χ0) is 12.8. The summed E-state index contributed by atoms with van der Waals surface area (Å²) in [7, 11) is 0. The maximum absolute atomic E-state index is 11.6. The van der Waals surface area contributed by atoms with Gasteiger partial charge in [-0.3, -0.25) is 4.79 Å². The normalized spacial score (nSPS) is 9.41. The van der Waals surface area contributed by atoms with Crippen molar-refractivity contribution in [2.75, 3.05) is 6.61 Å². The number of carbonyl (C=O) groups is 1. The van der Waals surface area contributed by atoms with Gasteiger partial charge in [0.05, 0.1) is 6.42 Å². The molecule has 0 amide bonds. The Morgan fingerprint density at radius 1 is 1.29 bits per heavy atom. The Morgan fingerprint density at radius 3 is 2.41 bits per heavy atom. The number of benzene rings is 1. The number of aryl methyl sites for hydroxylation is 3. The van der Waals surface area contributed by atoms with E-state index in [9.17, 15) is 4.79 Å². The van der Waals surface area contributed by atoms with E-state index in [1.807, 2.05) is 36.4 Å². The van der Waals surface area contributed by atoms with E-state index in [0.717, 1.165) is 16.7 Å². The van der Waals surface area contributed by atoms with Crippen LogP contribution in [0, 0.1) is 30.6 Å². The van der Waals surface area contributed by atoms with Crippen molar-refractivity contribution in [3.63, 3.8) is 0 Å². The molecule has 1 aromatic carbocycles. The fourth-order valence-corrected chi connectivity index (χ4v) is 1.98. The quantitative estimate of drug-likeness (QED) is 0.479. The maximum atomic E-state index is 11.6. The van der Waals surface area contributed by atoms with Gasteiger partial charge >= 0.3 is 5.97 Å². The highest BCUT2D eigenvalue weighted by atomic mass is 127. The summed E-state index contributed by atoms with van der Waals surface area (Å²) in [5.74, 6) is 2.47. The zero-order valence-electron chi connectivity index (χ0n) is 10.3. The molecule has 17 heavy (non-hydrogen) atoms. The molecular weight excluding hydrogens is 327 g/mol. The summed E-state index contributed by atoms with van der Waals surface area (Å²) in [6.07, 6.45) is 0.320. The minimum absolute atomic E-state index is 0.172. The minimum atomic E-state index is -0.223. The summed E-state index contributed by atoms with van der Waals surface area (Å²) in [6, 6.07) is 4.17. The van der Waals surface area contributed by atoms with Crippen LogP contribution in [0.15, 0.2) is 12.1 Å². The van der Waals surface area contributed by atoms with E-state index in [1.165, 1.54) is 5.56 Å². The van der Waals surface area contributed by atoms with Gasteiger partial charge < -0.3 is 4.74 Å². The smallest absolute Gasteiger partial charge is 0.311 e. The van der Waals surface area contributed by atoms with Crippen molar-refractivity contribution in [1.82, 2.24) is 0 Å². The summed E-state index contributed by atoms with van der Waals surface area (Å²) in [4.78, 5) is 11.6. The lowest BCUT2D eigenvalue weighted by Gasteiger charge is -2.10. The Bertz CT molecular complexity index is 458. The van der Waals surface area contributed by atoms with Gasteiger partial charge in [-0.25, -0.2) is 0 Å². The summed E-state index contributed by atoms with van der Waals surface area (Å²) in [5, 5.41) is 0. The maximum Gasteiger partial charge on any atom is 0.311 e. The molecule has 0 unspecified atom stereocenters. The molecule has 0 fully saturated rings. The summed E-state index contributed by atoms with van der Waals surface area (Å²) >= 11 is 1.92. The van der Waals surface area contributed by atoms with Gasteiger partial charge in [0.1, 0.15) is 0 Å². The van der Waals surface area contributed by atoms with Crippen molar-refractivity contribution in [3.05, 3.63) is 34.4 Å². The predicted octanol–water partition coefficient (Wildman–Crippen LogP) is 3.09. The molecule has 0 saturated carbocycles. The Morgan fingerprint density at radius 2 is 1.88 bits per heavy atom. The van der Waals surface area contributed by atoms with E-state index >= 15 is 0 Å². The van der Waals surface area contributed by atoms with Gasteiger partial charge in [0.15, 0.2) is 6.61 Å². The third-order valence-electron chi connectivity index (χ3n) is 2.53. The second-order valence-corrected chi connectivity index (χ2v) is 4.53. The van der Waals surface area contributed by atoms with Crippen LogP contribution >= 0.6 is 22.6 Å². The van der Waals surface area contributed by atoms with Crippen molar-refractivity contribution in [2.45, 2.75) is 27.2 Å². The van der Waals surface area contributed by atoms with Crippen molar-refractivity contribution < 1.29 is 9.53 Å². The molecule has 0 N–H and O–H groups in total. The fraction of sp³-hybridized carbons (Fsp3) is 0.357. The lowest BCUT2D eigenvalue weighted by molar-refractivity contribution is -0.141. The highest BCUT2D eigenvalue weighted by Crippen LogP contribution is 2.17. The van der Waals surface area contributed by atoms with Crippen molar-refractivity contribution in [3.8, 4) is 9.85 Å². The van der Waals surface area contributed by atoms with Gasteiger partial charge in [-0.05, 0) is 41.4 Å². The van der Waals surface area contributed by atoms with Crippen LogP contribution in [-0.2, 0) is 16.0 Å². The SMILES string of the molecule is Cc1cc(C)c(CC(=O)OCC#CI)c(C)c1. The molecule has 1 rings (SSSR count). The number of esters is 1. The summed E-state index contributed by atoms with van der Waals surface area (Å²) in [5.41, 5.74) is 4.55. The first kappa shape index (κ1) is 14.0. The van der Waals surface area contributed by atoms with Crippen LogP contribution < -0.4 is 0 Å². The lowest BCUT2D eigenvalue weighted by atomic mass is 9.97. The Labute approximate surface area is 116 Å². The molecule has 0 atom stereocenters. The molecule has 3 heteroatoms. The van der Waals surface area contributed by atoms with Gasteiger partial charge in [0.25, 0.3) is 0 Å². The minimum Gasteiger partial charge on any atom is -0.452 e. The molecule has 90 valence electrons. The van der Waals surface area contributed by atoms with Crippen LogP contribution in [0.3, 0.4) is 0 Å². The second kappa shape index (κ2) is 6.65. The molecular formula is C14H15IO2. The molecule has 0 heterocycles. The van der Waals surface area contributed by atoms with Crippen molar-refractivity contribution in [2.24, 2.45) is 0 Å². The van der Waals surface area contributed by atoms with Gasteiger partial charge in [-0.2, -0.15) is 0 Å². The van der Waals surface area contributed by atoms with Crippen molar-refractivity contribution in [1.29, 1.82) is 0 Å². The Balaban J connectivity index is 2.73. The van der Waals surface area contributed by atoms with E-state index < -0.39 is 0 Å². The van der Waals surface area contributed by atoms with Crippen LogP contribution in [0.5, 0.6) is 0 Å². The van der Waals surface area contributed by atoms with Crippen LogP contribution in [-0.4, -0.2) is 12.6 Å². The number of halogens is 1. The molecule has 0 radical (unpaired) electrons. The van der Waals surface area contributed by atoms with E-state index in [2.05, 4.69) is 28.9 Å². The standard InChI is InChI=1S/C14H15IO2/c1-10-7-11(2)13(12(3)8-10)9-14(16)17-6-4-5-15/h7-8H,6,9H2,1-3H3. The van der Waals surface area contributed by atoms with Crippen LogP contribution in [0.4, 0.5) is 0 Å². The average molecular weight is 342 g/mol. The first-order chi connectivity index (χ1) is 8.04. The molecule has 0 aliphatic heterocycles. The highest BCUT2D eigenvalue weighted by molar-refractivity contribution is 14.1. The topological polar surface area (TPSA) is 26.3 Å². The second-order valence-electron chi connectivity index (χ2n) is 3.99. The molecule has 2 nitrogen and oxygen atoms in total. The first-order valence-electron chi connectivity index (χ1n) is 5.35. The van der Waals surface area contributed by atoms with E-state index in [-0.39, 0.29) is 12.6 Å². The Kier molecular flexibility index (Phi) is 5.49. The third-order valence-corrected chi connectivity index (χ3v) is 2.92. The first-order valence-corrected chi connectivity index (χ1v) is 6.43. The average Bonchev–Trinajstić information content (AvgIpc) is 2.24. The van der Waals surface area contributed by atoms with Crippen LogP contribution in [0.1, 0.15) is 22.3 Å². The third kappa shape index (κ3) is 4.39. The Hall–Kier alpha value is -1.02. The molecule has 0 aliphatic rings.